The van der Waals surface area contributed by atoms with Gasteiger partial charge in [0.15, 0.2) is 0 Å². The maximum absolute atomic E-state index is 5.98. The fraction of sp³-hybridized carbons (Fsp3) is 0.357. The van der Waals surface area contributed by atoms with Crippen molar-refractivity contribution in [1.82, 2.24) is 30.6 Å². The van der Waals surface area contributed by atoms with Crippen LogP contribution in [-0.2, 0) is 18.0 Å². The molecule has 2 fully saturated rings. The molecule has 0 saturated carbocycles. The Balaban J connectivity index is 1.01. The zero-order valence-corrected chi connectivity index (χ0v) is 19.9. The topological polar surface area (TPSA) is 90.7 Å². The number of H-pyrrole nitrogens is 2. The van der Waals surface area contributed by atoms with Gasteiger partial charge in [-0.15, -0.1) is 0 Å². The van der Waals surface area contributed by atoms with Crippen molar-refractivity contribution in [1.29, 1.82) is 0 Å². The lowest BCUT2D eigenvalue weighted by atomic mass is 10.1. The summed E-state index contributed by atoms with van der Waals surface area (Å²) in [5.41, 5.74) is 6.73. The first-order chi connectivity index (χ1) is 17.3. The molecule has 0 aliphatic carbocycles. The molecule has 4 aromatic rings. The van der Waals surface area contributed by atoms with Crippen molar-refractivity contribution < 1.29 is 4.74 Å². The Morgan fingerprint density at radius 3 is 1.51 bits per heavy atom. The highest BCUT2D eigenvalue weighted by Gasteiger charge is 2.20. The number of benzene rings is 2. The van der Waals surface area contributed by atoms with Crippen LogP contribution in [0.2, 0.25) is 0 Å². The van der Waals surface area contributed by atoms with Crippen LogP contribution in [0.5, 0.6) is 0 Å². The van der Waals surface area contributed by atoms with Crippen LogP contribution in [0.4, 0.5) is 0 Å². The van der Waals surface area contributed by atoms with Crippen LogP contribution in [0.1, 0.15) is 60.5 Å². The molecule has 0 spiro atoms. The predicted octanol–water partition coefficient (Wildman–Crippen LogP) is 5.03. The highest BCUT2D eigenvalue weighted by molar-refractivity contribution is 5.59. The summed E-state index contributed by atoms with van der Waals surface area (Å²) >= 11 is 0. The molecule has 2 aliphatic rings. The number of aromatic nitrogens is 4. The zero-order chi connectivity index (χ0) is 23.5. The van der Waals surface area contributed by atoms with E-state index >= 15 is 0 Å². The summed E-state index contributed by atoms with van der Waals surface area (Å²) in [6.07, 6.45) is 8.58. The first kappa shape index (κ1) is 22.2. The Hall–Kier alpha value is -3.26. The number of imidazole rings is 2. The van der Waals surface area contributed by atoms with Gasteiger partial charge < -0.3 is 25.3 Å². The lowest BCUT2D eigenvalue weighted by molar-refractivity contribution is 0.107. The lowest BCUT2D eigenvalue weighted by Gasteiger charge is -2.07. The van der Waals surface area contributed by atoms with Gasteiger partial charge in [-0.05, 0) is 61.0 Å². The second kappa shape index (κ2) is 10.2. The Bertz CT molecular complexity index is 1130. The third kappa shape index (κ3) is 5.07. The van der Waals surface area contributed by atoms with Crippen LogP contribution in [0.15, 0.2) is 60.9 Å². The van der Waals surface area contributed by atoms with E-state index in [1.807, 2.05) is 12.4 Å². The quantitative estimate of drug-likeness (QED) is 0.291. The van der Waals surface area contributed by atoms with Gasteiger partial charge in [0.05, 0.1) is 49.1 Å². The number of rotatable bonds is 8. The molecule has 35 heavy (non-hydrogen) atoms. The van der Waals surface area contributed by atoms with E-state index in [1.165, 1.54) is 12.8 Å². The average Bonchev–Trinajstić information content (AvgIpc) is 3.71. The first-order valence-corrected chi connectivity index (χ1v) is 12.6. The number of hydrogen-bond acceptors (Lipinski definition) is 5. The van der Waals surface area contributed by atoms with E-state index in [-0.39, 0.29) is 0 Å². The molecule has 0 unspecified atom stereocenters. The highest BCUT2D eigenvalue weighted by Crippen LogP contribution is 2.26. The molecule has 2 aromatic heterocycles. The van der Waals surface area contributed by atoms with E-state index in [4.69, 9.17) is 4.74 Å². The highest BCUT2D eigenvalue weighted by atomic mass is 16.5. The van der Waals surface area contributed by atoms with Crippen molar-refractivity contribution in [2.75, 3.05) is 13.1 Å². The minimum atomic E-state index is 0.358. The maximum atomic E-state index is 5.98. The summed E-state index contributed by atoms with van der Waals surface area (Å²) in [6.45, 7) is 3.31. The van der Waals surface area contributed by atoms with E-state index in [2.05, 4.69) is 79.1 Å². The van der Waals surface area contributed by atoms with E-state index in [0.29, 0.717) is 25.3 Å². The molecule has 0 amide bonds. The zero-order valence-electron chi connectivity index (χ0n) is 19.9. The molecule has 180 valence electrons. The number of aromatic amines is 2. The minimum absolute atomic E-state index is 0.358. The standard InChI is InChI=1S/C28H32N6O/c1-3-23(29-13-1)27-31-15-25(33-27)21-9-5-19(6-10-21)17-35-18-20-7-11-22(12-8-20)26-16-32-28(34-26)24-4-2-14-30-24/h5-12,15-16,23-24,29-30H,1-4,13-14,17-18H2,(H,31,33)(H,32,34)/t23-,24-/m0/s1. The van der Waals surface area contributed by atoms with Crippen molar-refractivity contribution in [3.05, 3.63) is 83.7 Å². The monoisotopic (exact) mass is 468 g/mol. The summed E-state index contributed by atoms with van der Waals surface area (Å²) in [4.78, 5) is 16.1. The van der Waals surface area contributed by atoms with E-state index in [1.54, 1.807) is 0 Å². The molecule has 7 heteroatoms. The van der Waals surface area contributed by atoms with Crippen molar-refractivity contribution in [2.45, 2.75) is 51.0 Å². The fourth-order valence-corrected chi connectivity index (χ4v) is 5.00. The molecule has 7 nitrogen and oxygen atoms in total. The molecule has 2 atom stereocenters. The number of nitrogens with one attached hydrogen (secondary N) is 4. The second-order valence-corrected chi connectivity index (χ2v) is 9.55. The van der Waals surface area contributed by atoms with Crippen LogP contribution in [0, 0.1) is 0 Å². The van der Waals surface area contributed by atoms with Crippen LogP contribution in [0.25, 0.3) is 22.5 Å². The normalized spacial score (nSPS) is 20.0. The van der Waals surface area contributed by atoms with Crippen molar-refractivity contribution in [2.24, 2.45) is 0 Å². The molecular weight excluding hydrogens is 436 g/mol. The van der Waals surface area contributed by atoms with Gasteiger partial charge in [0.2, 0.25) is 0 Å². The van der Waals surface area contributed by atoms with Gasteiger partial charge in [-0.3, -0.25) is 0 Å². The molecule has 2 aromatic carbocycles. The summed E-state index contributed by atoms with van der Waals surface area (Å²) in [7, 11) is 0. The molecular formula is C28H32N6O. The van der Waals surface area contributed by atoms with Crippen LogP contribution < -0.4 is 10.6 Å². The molecule has 4 heterocycles. The Morgan fingerprint density at radius 2 is 1.11 bits per heavy atom. The van der Waals surface area contributed by atoms with Crippen LogP contribution in [-0.4, -0.2) is 33.0 Å². The van der Waals surface area contributed by atoms with Crippen LogP contribution >= 0.6 is 0 Å². The van der Waals surface area contributed by atoms with Gasteiger partial charge in [0.1, 0.15) is 11.6 Å². The maximum Gasteiger partial charge on any atom is 0.123 e. The second-order valence-electron chi connectivity index (χ2n) is 9.55. The summed E-state index contributed by atoms with van der Waals surface area (Å²) in [6, 6.07) is 17.7. The Labute approximate surface area is 205 Å². The molecule has 6 rings (SSSR count). The van der Waals surface area contributed by atoms with E-state index < -0.39 is 0 Å². The van der Waals surface area contributed by atoms with Gasteiger partial charge in [-0.1, -0.05) is 48.5 Å². The third-order valence-corrected chi connectivity index (χ3v) is 7.04. The van der Waals surface area contributed by atoms with Crippen molar-refractivity contribution in [3.8, 4) is 22.5 Å². The largest absolute Gasteiger partial charge is 0.372 e. The number of hydrogen-bond donors (Lipinski definition) is 4. The molecule has 0 bridgehead atoms. The molecule has 2 saturated heterocycles. The lowest BCUT2D eigenvalue weighted by Crippen LogP contribution is -2.14. The van der Waals surface area contributed by atoms with Gasteiger partial charge >= 0.3 is 0 Å². The number of ether oxygens (including phenoxy) is 1. The van der Waals surface area contributed by atoms with E-state index in [9.17, 15) is 0 Å². The summed E-state index contributed by atoms with van der Waals surface area (Å²) in [5.74, 6) is 2.07. The molecule has 2 aliphatic heterocycles. The number of nitrogens with zero attached hydrogens (tertiary/aromatic N) is 2. The summed E-state index contributed by atoms with van der Waals surface area (Å²) in [5, 5.41) is 6.98. The van der Waals surface area contributed by atoms with Gasteiger partial charge in [0, 0.05) is 0 Å². The SMILES string of the molecule is c1cc(-c2cnc([C@@H]3CCCN3)[nH]2)ccc1COCc1ccc(-c2cnc([C@@H]3CCCN3)[nH]2)cc1. The van der Waals surface area contributed by atoms with Gasteiger partial charge in [-0.2, -0.15) is 0 Å². The Kier molecular flexibility index (Phi) is 6.45. The fourth-order valence-electron chi connectivity index (χ4n) is 5.00. The Morgan fingerprint density at radius 1 is 0.657 bits per heavy atom. The van der Waals surface area contributed by atoms with Crippen LogP contribution in [0.3, 0.4) is 0 Å². The summed E-state index contributed by atoms with van der Waals surface area (Å²) < 4.78 is 5.98. The predicted molar refractivity (Wildman–Crippen MR) is 136 cm³/mol. The minimum Gasteiger partial charge on any atom is -0.372 e. The third-order valence-electron chi connectivity index (χ3n) is 7.04. The van der Waals surface area contributed by atoms with Crippen molar-refractivity contribution in [3.63, 3.8) is 0 Å². The molecule has 4 N–H and O–H groups in total. The van der Waals surface area contributed by atoms with Gasteiger partial charge in [0.25, 0.3) is 0 Å². The average molecular weight is 469 g/mol. The molecule has 0 radical (unpaired) electrons. The van der Waals surface area contributed by atoms with Crippen molar-refractivity contribution >= 4 is 0 Å². The van der Waals surface area contributed by atoms with E-state index in [0.717, 1.165) is 71.2 Å². The smallest absolute Gasteiger partial charge is 0.123 e. The van der Waals surface area contributed by atoms with Gasteiger partial charge in [-0.25, -0.2) is 9.97 Å². The first-order valence-electron chi connectivity index (χ1n) is 12.6.